The molecule has 4 rings (SSSR count). The van der Waals surface area contributed by atoms with Crippen molar-refractivity contribution < 1.29 is 0 Å². The molecule has 0 radical (unpaired) electrons. The molecule has 0 atom stereocenters. The number of hydrogen-bond donors (Lipinski definition) is 1. The molecule has 0 aliphatic heterocycles. The van der Waals surface area contributed by atoms with Crippen molar-refractivity contribution in [2.24, 2.45) is 0 Å². The molecule has 0 aliphatic rings. The van der Waals surface area contributed by atoms with Gasteiger partial charge in [0.15, 0.2) is 5.65 Å². The van der Waals surface area contributed by atoms with Gasteiger partial charge in [-0.25, -0.2) is 9.78 Å². The van der Waals surface area contributed by atoms with Crippen LogP contribution in [0, 0.1) is 0 Å². The Morgan fingerprint density at radius 2 is 1.86 bits per heavy atom. The second-order valence-electron chi connectivity index (χ2n) is 6.92. The first-order chi connectivity index (χ1) is 14.1. The maximum atomic E-state index is 12.8. The first kappa shape index (κ1) is 18.9. The predicted molar refractivity (Wildman–Crippen MR) is 110 cm³/mol. The van der Waals surface area contributed by atoms with E-state index in [1.54, 1.807) is 21.6 Å². The number of aromatic amines is 1. The van der Waals surface area contributed by atoms with Gasteiger partial charge in [-0.1, -0.05) is 19.9 Å². The van der Waals surface area contributed by atoms with E-state index in [2.05, 4.69) is 20.1 Å². The second-order valence-corrected chi connectivity index (χ2v) is 6.92. The summed E-state index contributed by atoms with van der Waals surface area (Å²) in [5.41, 5.74) is 1.73. The molecule has 9 heteroatoms. The lowest BCUT2D eigenvalue weighted by Gasteiger charge is -2.09. The lowest BCUT2D eigenvalue weighted by atomic mass is 10.3. The average Bonchev–Trinajstić information content (AvgIpc) is 3.37. The van der Waals surface area contributed by atoms with Crippen molar-refractivity contribution >= 4 is 11.2 Å². The zero-order valence-corrected chi connectivity index (χ0v) is 16.5. The molecule has 29 heavy (non-hydrogen) atoms. The number of rotatable bonds is 7. The van der Waals surface area contributed by atoms with Gasteiger partial charge >= 0.3 is 5.69 Å². The van der Waals surface area contributed by atoms with Gasteiger partial charge in [0.05, 0.1) is 24.0 Å². The Labute approximate surface area is 166 Å². The van der Waals surface area contributed by atoms with Gasteiger partial charge in [0.2, 0.25) is 0 Å². The van der Waals surface area contributed by atoms with Gasteiger partial charge in [0, 0.05) is 25.5 Å². The molecule has 0 aliphatic carbocycles. The molecule has 0 unspecified atom stereocenters. The van der Waals surface area contributed by atoms with Crippen LogP contribution < -0.4 is 11.2 Å². The van der Waals surface area contributed by atoms with Crippen LogP contribution in [0.1, 0.15) is 32.4 Å². The highest BCUT2D eigenvalue weighted by atomic mass is 16.2. The fourth-order valence-corrected chi connectivity index (χ4v) is 3.38. The van der Waals surface area contributed by atoms with Crippen LogP contribution in [-0.4, -0.2) is 33.9 Å². The molecule has 0 saturated carbocycles. The van der Waals surface area contributed by atoms with Crippen LogP contribution in [-0.2, 0) is 19.6 Å². The van der Waals surface area contributed by atoms with Gasteiger partial charge in [-0.15, -0.1) is 0 Å². The molecule has 0 fully saturated rings. The third-order valence-electron chi connectivity index (χ3n) is 4.71. The number of nitrogens with one attached hydrogen (secondary N) is 1. The fourth-order valence-electron chi connectivity index (χ4n) is 3.38. The highest BCUT2D eigenvalue weighted by molar-refractivity contribution is 5.75. The summed E-state index contributed by atoms with van der Waals surface area (Å²) in [4.78, 5) is 37.6. The van der Waals surface area contributed by atoms with Crippen molar-refractivity contribution in [1.82, 2.24) is 33.9 Å². The first-order valence-corrected chi connectivity index (χ1v) is 9.78. The Kier molecular flexibility index (Phi) is 5.11. The van der Waals surface area contributed by atoms with Crippen molar-refractivity contribution in [2.75, 3.05) is 0 Å². The van der Waals surface area contributed by atoms with E-state index in [0.717, 1.165) is 17.7 Å². The maximum absolute atomic E-state index is 12.8. The summed E-state index contributed by atoms with van der Waals surface area (Å²) >= 11 is 0. The Morgan fingerprint density at radius 3 is 2.59 bits per heavy atom. The SMILES string of the molecule is CCCn1c(=O)c2[nH]c(-c3cnn(Cc4ccccn4)c3)nc2n(CCC)c1=O. The normalized spacial score (nSPS) is 11.4. The molecule has 0 bridgehead atoms. The fraction of sp³-hybridized carbons (Fsp3) is 0.350. The number of H-pyrrole nitrogens is 1. The zero-order valence-electron chi connectivity index (χ0n) is 16.5. The largest absolute Gasteiger partial charge is 0.332 e. The quantitative estimate of drug-likeness (QED) is 0.517. The van der Waals surface area contributed by atoms with Gasteiger partial charge in [-0.05, 0) is 25.0 Å². The number of pyridine rings is 1. The third kappa shape index (κ3) is 3.51. The summed E-state index contributed by atoms with van der Waals surface area (Å²) in [7, 11) is 0. The standard InChI is InChI=1S/C20H23N7O2/c1-3-9-26-18-16(19(28)27(10-4-2)20(26)29)23-17(24-18)14-11-22-25(12-14)13-15-7-5-6-8-21-15/h5-8,11-12H,3-4,9-10,13H2,1-2H3,(H,23,24). The molecule has 0 spiro atoms. The van der Waals surface area contributed by atoms with Crippen LogP contribution in [0.3, 0.4) is 0 Å². The van der Waals surface area contributed by atoms with E-state index in [1.165, 1.54) is 4.57 Å². The second kappa shape index (κ2) is 7.86. The number of imidazole rings is 1. The molecular weight excluding hydrogens is 370 g/mol. The average molecular weight is 393 g/mol. The van der Waals surface area contributed by atoms with Crippen LogP contribution >= 0.6 is 0 Å². The highest BCUT2D eigenvalue weighted by Gasteiger charge is 2.18. The Bertz CT molecular complexity index is 1250. The minimum atomic E-state index is -0.334. The highest BCUT2D eigenvalue weighted by Crippen LogP contribution is 2.18. The molecule has 0 aromatic carbocycles. The van der Waals surface area contributed by atoms with Gasteiger partial charge in [0.1, 0.15) is 11.3 Å². The van der Waals surface area contributed by atoms with Crippen LogP contribution in [0.4, 0.5) is 0 Å². The first-order valence-electron chi connectivity index (χ1n) is 9.78. The predicted octanol–water partition coefficient (Wildman–Crippen LogP) is 2.01. The summed E-state index contributed by atoms with van der Waals surface area (Å²) < 4.78 is 4.62. The number of aryl methyl sites for hydroxylation is 1. The van der Waals surface area contributed by atoms with Crippen molar-refractivity contribution in [2.45, 2.75) is 46.3 Å². The maximum Gasteiger partial charge on any atom is 0.332 e. The van der Waals surface area contributed by atoms with Gasteiger partial charge in [0.25, 0.3) is 5.56 Å². The van der Waals surface area contributed by atoms with E-state index in [9.17, 15) is 9.59 Å². The number of hydrogen-bond acceptors (Lipinski definition) is 5. The molecule has 9 nitrogen and oxygen atoms in total. The number of nitrogens with zero attached hydrogens (tertiary/aromatic N) is 6. The minimum Gasteiger partial charge on any atom is -0.332 e. The third-order valence-corrected chi connectivity index (χ3v) is 4.71. The molecule has 4 heterocycles. The van der Waals surface area contributed by atoms with E-state index in [-0.39, 0.29) is 11.2 Å². The van der Waals surface area contributed by atoms with Crippen LogP contribution in [0.5, 0.6) is 0 Å². The topological polar surface area (TPSA) is 103 Å². The minimum absolute atomic E-state index is 0.310. The van der Waals surface area contributed by atoms with Crippen molar-refractivity contribution in [1.29, 1.82) is 0 Å². The van der Waals surface area contributed by atoms with E-state index in [1.807, 2.05) is 38.2 Å². The van der Waals surface area contributed by atoms with E-state index in [4.69, 9.17) is 0 Å². The summed E-state index contributed by atoms with van der Waals surface area (Å²) in [6, 6.07) is 5.73. The Balaban J connectivity index is 1.78. The smallest absolute Gasteiger partial charge is 0.332 e. The van der Waals surface area contributed by atoms with Crippen molar-refractivity contribution in [3.63, 3.8) is 0 Å². The lowest BCUT2D eigenvalue weighted by molar-refractivity contribution is 0.555. The van der Waals surface area contributed by atoms with Crippen molar-refractivity contribution in [3.8, 4) is 11.4 Å². The Morgan fingerprint density at radius 1 is 1.07 bits per heavy atom. The zero-order chi connectivity index (χ0) is 20.4. The lowest BCUT2D eigenvalue weighted by Crippen LogP contribution is -2.40. The van der Waals surface area contributed by atoms with E-state index >= 15 is 0 Å². The van der Waals surface area contributed by atoms with Crippen LogP contribution in [0.15, 0.2) is 46.4 Å². The summed E-state index contributed by atoms with van der Waals surface area (Å²) in [6.07, 6.45) is 6.75. The Hall–Kier alpha value is -3.49. The number of aromatic nitrogens is 7. The summed E-state index contributed by atoms with van der Waals surface area (Å²) in [5.74, 6) is 0.517. The van der Waals surface area contributed by atoms with Gasteiger partial charge < -0.3 is 4.98 Å². The van der Waals surface area contributed by atoms with E-state index in [0.29, 0.717) is 43.0 Å². The van der Waals surface area contributed by atoms with Gasteiger partial charge in [-0.3, -0.25) is 23.6 Å². The monoisotopic (exact) mass is 393 g/mol. The molecule has 1 N–H and O–H groups in total. The van der Waals surface area contributed by atoms with Crippen molar-refractivity contribution in [3.05, 3.63) is 63.3 Å². The number of fused-ring (bicyclic) bond motifs is 1. The molecule has 4 aromatic heterocycles. The summed E-state index contributed by atoms with van der Waals surface area (Å²) in [6.45, 7) is 5.35. The molecular formula is C20H23N7O2. The van der Waals surface area contributed by atoms with Crippen LogP contribution in [0.2, 0.25) is 0 Å². The molecule has 150 valence electrons. The van der Waals surface area contributed by atoms with Crippen LogP contribution in [0.25, 0.3) is 22.6 Å². The molecule has 4 aromatic rings. The van der Waals surface area contributed by atoms with E-state index < -0.39 is 0 Å². The van der Waals surface area contributed by atoms with Gasteiger partial charge in [-0.2, -0.15) is 5.10 Å². The molecule has 0 saturated heterocycles. The molecule has 0 amide bonds. The summed E-state index contributed by atoms with van der Waals surface area (Å²) in [5, 5.41) is 4.37.